The number of hydrogen-bond acceptors (Lipinski definition) is 8. The summed E-state index contributed by atoms with van der Waals surface area (Å²) in [5, 5.41) is 27.6. The molecule has 0 spiro atoms. The standard InChI is InChI=1S/C42H36BrClN4O6S/c1-20-27-17-23(44)7-13-33(27)55-37(20)31-19-34(46(3)45-31)48-39(52)30-18-28-25(36(42(30,2)41(48)54)29-16-22(43)6-12-32(29)50)10-11-26-35(28)40(53)47(38(26)51)15-14-21-4-8-24(49)9-5-21/h4-10,12-13,16-17,19,26,28,30,35-36,49-50H,11,14-15,18H2,1-3H3/t26-,28+,30-,35-,36+,42+/m0/s1. The molecule has 6 atom stereocenters. The van der Waals surface area contributed by atoms with Crippen molar-refractivity contribution in [2.45, 2.75) is 39.0 Å². The van der Waals surface area contributed by atoms with Gasteiger partial charge in [-0.2, -0.15) is 5.10 Å². The van der Waals surface area contributed by atoms with Crippen molar-refractivity contribution in [3.63, 3.8) is 0 Å². The number of anilines is 1. The lowest BCUT2D eigenvalue weighted by Gasteiger charge is -2.49. The maximum atomic E-state index is 15.1. The Balaban J connectivity index is 1.11. The fourth-order valence-corrected chi connectivity index (χ4v) is 11.4. The van der Waals surface area contributed by atoms with Gasteiger partial charge in [-0.3, -0.25) is 28.8 Å². The smallest absolute Gasteiger partial charge is 0.242 e. The van der Waals surface area contributed by atoms with Crippen LogP contribution in [0.3, 0.4) is 0 Å². The van der Waals surface area contributed by atoms with Gasteiger partial charge >= 0.3 is 0 Å². The first-order chi connectivity index (χ1) is 26.3. The molecule has 2 saturated heterocycles. The largest absolute Gasteiger partial charge is 0.508 e. The number of fused-ring (bicyclic) bond motifs is 5. The van der Waals surface area contributed by atoms with E-state index in [4.69, 9.17) is 16.7 Å². The lowest BCUT2D eigenvalue weighted by Crippen LogP contribution is -2.49. The van der Waals surface area contributed by atoms with Crippen LogP contribution in [0.1, 0.15) is 42.4 Å². The Bertz CT molecular complexity index is 2530. The van der Waals surface area contributed by atoms with Gasteiger partial charge in [-0.05, 0) is 104 Å². The molecule has 4 amide bonds. The molecule has 3 aromatic carbocycles. The molecule has 4 aliphatic rings. The molecular weight excluding hydrogens is 804 g/mol. The molecule has 0 bridgehead atoms. The number of carbonyl (C=O) groups excluding carboxylic acids is 4. The van der Waals surface area contributed by atoms with Gasteiger partial charge in [0.1, 0.15) is 23.0 Å². The van der Waals surface area contributed by atoms with Crippen LogP contribution < -0.4 is 4.90 Å². The number of halogens is 2. The topological polar surface area (TPSA) is 133 Å². The third-order valence-electron chi connectivity index (χ3n) is 12.4. The highest BCUT2D eigenvalue weighted by Gasteiger charge is 2.68. The van der Waals surface area contributed by atoms with Crippen molar-refractivity contribution in [1.82, 2.24) is 14.7 Å². The van der Waals surface area contributed by atoms with E-state index in [2.05, 4.69) is 15.9 Å². The van der Waals surface area contributed by atoms with E-state index in [9.17, 15) is 24.6 Å². The fraction of sp³-hybridized carbons (Fsp3) is 0.310. The zero-order valence-electron chi connectivity index (χ0n) is 30.1. The second kappa shape index (κ2) is 12.9. The molecule has 3 fully saturated rings. The molecule has 0 unspecified atom stereocenters. The molecular formula is C42H36BrClN4O6S. The van der Waals surface area contributed by atoms with E-state index in [1.165, 1.54) is 9.80 Å². The number of aromatic hydroxyl groups is 2. The molecule has 2 aromatic heterocycles. The van der Waals surface area contributed by atoms with Crippen LogP contribution in [-0.4, -0.2) is 55.1 Å². The number of likely N-dealkylation sites (tertiary alicyclic amines) is 1. The van der Waals surface area contributed by atoms with Crippen LogP contribution in [0.15, 0.2) is 82.9 Å². The van der Waals surface area contributed by atoms with Gasteiger partial charge in [0.25, 0.3) is 0 Å². The first-order valence-corrected chi connectivity index (χ1v) is 20.2. The molecule has 9 rings (SSSR count). The van der Waals surface area contributed by atoms with E-state index in [1.54, 1.807) is 78.5 Å². The molecule has 0 radical (unpaired) electrons. The highest BCUT2D eigenvalue weighted by atomic mass is 79.9. The second-order valence-corrected chi connectivity index (χ2v) is 17.7. The number of amides is 4. The Labute approximate surface area is 334 Å². The summed E-state index contributed by atoms with van der Waals surface area (Å²) in [6.07, 6.45) is 2.91. The molecule has 4 heterocycles. The number of rotatable bonds is 6. The third kappa shape index (κ3) is 5.35. The summed E-state index contributed by atoms with van der Waals surface area (Å²) < 4.78 is 3.29. The normalized spacial score (nSPS) is 26.1. The summed E-state index contributed by atoms with van der Waals surface area (Å²) >= 11 is 11.4. The molecule has 2 aliphatic heterocycles. The molecule has 5 aromatic rings. The van der Waals surface area contributed by atoms with Crippen LogP contribution >= 0.6 is 38.9 Å². The SMILES string of the molecule is Cc1c(-c2cc(N3C(=O)[C@@H]4C[C@@H]5C(=CC[C@@H]6C(=O)N(CCc7ccc(O)cc7)C(=O)[C@@H]65)[C@H](c5cc(Br)ccc5O)[C@]4(C)C3=O)n(C)n2)sc2ccc(Cl)cc12. The Morgan fingerprint density at radius 2 is 1.73 bits per heavy atom. The fourth-order valence-electron chi connectivity index (χ4n) is 9.74. The van der Waals surface area contributed by atoms with E-state index in [-0.39, 0.29) is 36.3 Å². The van der Waals surface area contributed by atoms with Crippen LogP contribution in [-0.2, 0) is 32.6 Å². The molecule has 55 heavy (non-hydrogen) atoms. The van der Waals surface area contributed by atoms with Crippen molar-refractivity contribution in [3.05, 3.63) is 105 Å². The van der Waals surface area contributed by atoms with Crippen molar-refractivity contribution in [3.8, 4) is 22.1 Å². The average molecular weight is 840 g/mol. The van der Waals surface area contributed by atoms with E-state index in [1.807, 2.05) is 31.2 Å². The van der Waals surface area contributed by atoms with Gasteiger partial charge in [-0.1, -0.05) is 51.3 Å². The number of benzene rings is 3. The van der Waals surface area contributed by atoms with E-state index in [0.29, 0.717) is 39.4 Å². The number of nitrogens with zero attached hydrogens (tertiary/aromatic N) is 4. The summed E-state index contributed by atoms with van der Waals surface area (Å²) in [6, 6.07) is 19.2. The number of imide groups is 2. The number of phenolic OH excluding ortho intramolecular Hbond substituents is 2. The van der Waals surface area contributed by atoms with Gasteiger partial charge in [0, 0.05) is 45.3 Å². The minimum Gasteiger partial charge on any atom is -0.508 e. The highest BCUT2D eigenvalue weighted by molar-refractivity contribution is 9.10. The van der Waals surface area contributed by atoms with Gasteiger partial charge < -0.3 is 10.2 Å². The summed E-state index contributed by atoms with van der Waals surface area (Å²) in [5.74, 6) is -4.32. The predicted octanol–water partition coefficient (Wildman–Crippen LogP) is 7.91. The first kappa shape index (κ1) is 35.9. The second-order valence-electron chi connectivity index (χ2n) is 15.3. The monoisotopic (exact) mass is 838 g/mol. The van der Waals surface area contributed by atoms with Gasteiger partial charge in [0.15, 0.2) is 0 Å². The maximum absolute atomic E-state index is 15.1. The van der Waals surface area contributed by atoms with Crippen LogP contribution in [0.4, 0.5) is 5.82 Å². The Morgan fingerprint density at radius 3 is 2.49 bits per heavy atom. The minimum atomic E-state index is -1.33. The molecule has 13 heteroatoms. The summed E-state index contributed by atoms with van der Waals surface area (Å²) in [7, 11) is 1.71. The Morgan fingerprint density at radius 1 is 0.964 bits per heavy atom. The van der Waals surface area contributed by atoms with Crippen LogP contribution in [0.5, 0.6) is 11.5 Å². The average Bonchev–Trinajstić information content (AvgIpc) is 3.82. The van der Waals surface area contributed by atoms with Crippen molar-refractivity contribution in [1.29, 1.82) is 0 Å². The number of aryl methyl sites for hydroxylation is 2. The molecule has 2 aliphatic carbocycles. The lowest BCUT2D eigenvalue weighted by atomic mass is 9.51. The van der Waals surface area contributed by atoms with Crippen molar-refractivity contribution < 1.29 is 29.4 Å². The Hall–Kier alpha value is -4.78. The summed E-state index contributed by atoms with van der Waals surface area (Å²) in [4.78, 5) is 61.7. The van der Waals surface area contributed by atoms with Gasteiger partial charge in [-0.25, -0.2) is 4.90 Å². The van der Waals surface area contributed by atoms with Gasteiger partial charge in [0.2, 0.25) is 23.6 Å². The van der Waals surface area contributed by atoms with Crippen LogP contribution in [0.2, 0.25) is 5.02 Å². The minimum absolute atomic E-state index is 0.0249. The van der Waals surface area contributed by atoms with Crippen LogP contribution in [0.25, 0.3) is 20.7 Å². The lowest BCUT2D eigenvalue weighted by molar-refractivity contribution is -0.140. The number of aromatic nitrogens is 2. The molecule has 10 nitrogen and oxygen atoms in total. The van der Waals surface area contributed by atoms with E-state index >= 15 is 4.79 Å². The van der Waals surface area contributed by atoms with Crippen molar-refractivity contribution in [2.75, 3.05) is 11.4 Å². The van der Waals surface area contributed by atoms with Crippen molar-refractivity contribution in [2.24, 2.45) is 36.1 Å². The molecule has 280 valence electrons. The van der Waals surface area contributed by atoms with Gasteiger partial charge in [-0.15, -0.1) is 11.3 Å². The van der Waals surface area contributed by atoms with Gasteiger partial charge in [0.05, 0.1) is 28.0 Å². The first-order valence-electron chi connectivity index (χ1n) is 18.2. The predicted molar refractivity (Wildman–Crippen MR) is 213 cm³/mol. The van der Waals surface area contributed by atoms with E-state index < -0.39 is 46.8 Å². The number of thiophene rings is 1. The zero-order valence-corrected chi connectivity index (χ0v) is 33.3. The maximum Gasteiger partial charge on any atom is 0.242 e. The van der Waals surface area contributed by atoms with E-state index in [0.717, 1.165) is 31.7 Å². The quantitative estimate of drug-likeness (QED) is 0.131. The third-order valence-corrected chi connectivity index (χ3v) is 14.5. The summed E-state index contributed by atoms with van der Waals surface area (Å²) in [6.45, 7) is 3.99. The molecule has 1 saturated carbocycles. The molecule has 2 N–H and O–H groups in total. The number of carbonyl (C=O) groups is 4. The number of hydrogen-bond donors (Lipinski definition) is 2. The van der Waals surface area contributed by atoms with Crippen molar-refractivity contribution >= 4 is 78.4 Å². The Kier molecular flexibility index (Phi) is 8.41. The number of phenols is 2. The zero-order chi connectivity index (χ0) is 38.7. The van der Waals surface area contributed by atoms with Crippen LogP contribution in [0, 0.1) is 36.0 Å². The number of allylic oxidation sites excluding steroid dienone is 2. The highest BCUT2D eigenvalue weighted by Crippen LogP contribution is 2.64. The summed E-state index contributed by atoms with van der Waals surface area (Å²) in [5.41, 5.74) is 2.44.